The largest absolute Gasteiger partial charge is 0.388 e. The van der Waals surface area contributed by atoms with E-state index in [1.807, 2.05) is 18.2 Å². The van der Waals surface area contributed by atoms with Crippen molar-refractivity contribution in [1.29, 1.82) is 0 Å². The number of aliphatic hydroxyl groups excluding tert-OH is 1. The number of hydrogen-bond donors (Lipinski definition) is 1. The highest BCUT2D eigenvalue weighted by Crippen LogP contribution is 2.35. The lowest BCUT2D eigenvalue weighted by Crippen LogP contribution is -2.18. The van der Waals surface area contributed by atoms with E-state index in [1.54, 1.807) is 25.1 Å². The van der Waals surface area contributed by atoms with Crippen LogP contribution in [0.25, 0.3) is 0 Å². The van der Waals surface area contributed by atoms with Gasteiger partial charge in [0, 0.05) is 12.0 Å². The summed E-state index contributed by atoms with van der Waals surface area (Å²) in [6, 6.07) is 13.2. The van der Waals surface area contributed by atoms with E-state index in [0.29, 0.717) is 24.2 Å². The first kappa shape index (κ1) is 14.2. The normalized spacial score (nSPS) is 19.1. The van der Waals surface area contributed by atoms with E-state index in [9.17, 15) is 9.50 Å². The third-order valence-corrected chi connectivity index (χ3v) is 4.11. The van der Waals surface area contributed by atoms with Crippen LogP contribution < -0.4 is 0 Å². The Kier molecular flexibility index (Phi) is 4.04. The molecule has 1 aliphatic heterocycles. The number of benzene rings is 2. The van der Waals surface area contributed by atoms with Crippen molar-refractivity contribution in [2.24, 2.45) is 0 Å². The molecule has 0 bridgehead atoms. The topological polar surface area (TPSA) is 29.5 Å². The zero-order valence-corrected chi connectivity index (χ0v) is 12.1. The molecule has 21 heavy (non-hydrogen) atoms. The first-order valence-electron chi connectivity index (χ1n) is 7.29. The van der Waals surface area contributed by atoms with Gasteiger partial charge in [-0.3, -0.25) is 0 Å². The Balaban J connectivity index is 1.83. The molecule has 1 heterocycles. The van der Waals surface area contributed by atoms with Crippen LogP contribution in [0.4, 0.5) is 4.39 Å². The van der Waals surface area contributed by atoms with Crippen LogP contribution >= 0.6 is 0 Å². The van der Waals surface area contributed by atoms with Gasteiger partial charge in [-0.05, 0) is 30.0 Å². The van der Waals surface area contributed by atoms with Crippen LogP contribution in [-0.2, 0) is 11.2 Å². The Bertz CT molecular complexity index is 639. The highest BCUT2D eigenvalue weighted by molar-refractivity contribution is 5.32. The number of ether oxygens (including phenoxy) is 1. The van der Waals surface area contributed by atoms with Gasteiger partial charge in [0.2, 0.25) is 0 Å². The summed E-state index contributed by atoms with van der Waals surface area (Å²) in [5.74, 6) is -0.325. The summed E-state index contributed by atoms with van der Waals surface area (Å²) >= 11 is 0. The molecule has 1 N–H and O–H groups in total. The SMILES string of the molecule is Cc1cccc(C(O)CC2OCCc3ccccc32)c1F. The molecule has 2 atom stereocenters. The molecule has 2 unspecified atom stereocenters. The molecule has 2 aromatic rings. The summed E-state index contributed by atoms with van der Waals surface area (Å²) in [6.07, 6.45) is 0.227. The molecule has 110 valence electrons. The van der Waals surface area contributed by atoms with E-state index in [-0.39, 0.29) is 11.9 Å². The fraction of sp³-hybridized carbons (Fsp3) is 0.333. The number of aryl methyl sites for hydroxylation is 1. The van der Waals surface area contributed by atoms with E-state index in [2.05, 4.69) is 6.07 Å². The Labute approximate surface area is 124 Å². The number of halogens is 1. The van der Waals surface area contributed by atoms with Crippen molar-refractivity contribution in [3.05, 3.63) is 70.5 Å². The minimum absolute atomic E-state index is 0.176. The quantitative estimate of drug-likeness (QED) is 0.928. The third-order valence-electron chi connectivity index (χ3n) is 4.11. The summed E-state index contributed by atoms with van der Waals surface area (Å²) in [6.45, 7) is 2.35. The van der Waals surface area contributed by atoms with E-state index in [1.165, 1.54) is 5.56 Å². The molecule has 0 radical (unpaired) electrons. The molecule has 0 saturated heterocycles. The molecule has 2 nitrogen and oxygen atoms in total. The zero-order chi connectivity index (χ0) is 14.8. The Morgan fingerprint density at radius 2 is 2.05 bits per heavy atom. The second-order valence-corrected chi connectivity index (χ2v) is 5.54. The van der Waals surface area contributed by atoms with Crippen molar-refractivity contribution in [1.82, 2.24) is 0 Å². The van der Waals surface area contributed by atoms with Gasteiger partial charge in [-0.15, -0.1) is 0 Å². The lowest BCUT2D eigenvalue weighted by Gasteiger charge is -2.28. The minimum atomic E-state index is -0.860. The average molecular weight is 286 g/mol. The molecule has 0 fully saturated rings. The maximum Gasteiger partial charge on any atom is 0.131 e. The molecule has 3 heteroatoms. The van der Waals surface area contributed by atoms with E-state index in [0.717, 1.165) is 12.0 Å². The molecule has 0 spiro atoms. The van der Waals surface area contributed by atoms with E-state index >= 15 is 0 Å². The van der Waals surface area contributed by atoms with Crippen LogP contribution in [0.5, 0.6) is 0 Å². The fourth-order valence-electron chi connectivity index (χ4n) is 2.93. The molecule has 0 amide bonds. The zero-order valence-electron chi connectivity index (χ0n) is 12.1. The van der Waals surface area contributed by atoms with E-state index in [4.69, 9.17) is 4.74 Å². The van der Waals surface area contributed by atoms with Crippen molar-refractivity contribution >= 4 is 0 Å². The third kappa shape index (κ3) is 2.85. The van der Waals surface area contributed by atoms with Gasteiger partial charge in [-0.25, -0.2) is 4.39 Å². The molecule has 1 aliphatic rings. The number of rotatable bonds is 3. The van der Waals surface area contributed by atoms with Crippen molar-refractivity contribution in [2.45, 2.75) is 32.0 Å². The summed E-state index contributed by atoms with van der Waals surface area (Å²) in [7, 11) is 0. The highest BCUT2D eigenvalue weighted by atomic mass is 19.1. The fourth-order valence-corrected chi connectivity index (χ4v) is 2.93. The second-order valence-electron chi connectivity index (χ2n) is 5.54. The van der Waals surface area contributed by atoms with Crippen LogP contribution in [0.1, 0.15) is 40.9 Å². The Hall–Kier alpha value is -1.71. The molecule has 0 aliphatic carbocycles. The van der Waals surface area contributed by atoms with Gasteiger partial charge in [0.15, 0.2) is 0 Å². The Morgan fingerprint density at radius 3 is 2.90 bits per heavy atom. The van der Waals surface area contributed by atoms with Gasteiger partial charge >= 0.3 is 0 Å². The van der Waals surface area contributed by atoms with Crippen molar-refractivity contribution in [3.63, 3.8) is 0 Å². The van der Waals surface area contributed by atoms with Crippen LogP contribution in [-0.4, -0.2) is 11.7 Å². The molecule has 0 saturated carbocycles. The van der Waals surface area contributed by atoms with Crippen LogP contribution in [0.2, 0.25) is 0 Å². The summed E-state index contributed by atoms with van der Waals surface area (Å²) in [4.78, 5) is 0. The molecule has 3 rings (SSSR count). The minimum Gasteiger partial charge on any atom is -0.388 e. The van der Waals surface area contributed by atoms with Crippen LogP contribution in [0, 0.1) is 12.7 Å². The molecule has 2 aromatic carbocycles. The summed E-state index contributed by atoms with van der Waals surface area (Å²) in [5.41, 5.74) is 3.26. The highest BCUT2D eigenvalue weighted by Gasteiger charge is 2.25. The van der Waals surface area contributed by atoms with Gasteiger partial charge < -0.3 is 9.84 Å². The first-order chi connectivity index (χ1) is 10.2. The monoisotopic (exact) mass is 286 g/mol. The van der Waals surface area contributed by atoms with Gasteiger partial charge in [0.05, 0.1) is 18.8 Å². The lowest BCUT2D eigenvalue weighted by atomic mass is 9.92. The van der Waals surface area contributed by atoms with Crippen molar-refractivity contribution in [3.8, 4) is 0 Å². The smallest absolute Gasteiger partial charge is 0.131 e. The van der Waals surface area contributed by atoms with Crippen molar-refractivity contribution in [2.75, 3.05) is 6.61 Å². The first-order valence-corrected chi connectivity index (χ1v) is 7.29. The van der Waals surface area contributed by atoms with Crippen LogP contribution in [0.3, 0.4) is 0 Å². The van der Waals surface area contributed by atoms with Gasteiger partial charge in [0.25, 0.3) is 0 Å². The maximum atomic E-state index is 14.1. The standard InChI is InChI=1S/C18H19FO2/c1-12-5-4-8-15(18(12)19)16(20)11-17-14-7-3-2-6-13(14)9-10-21-17/h2-8,16-17,20H,9-11H2,1H3. The van der Waals surface area contributed by atoms with Gasteiger partial charge in [-0.2, -0.15) is 0 Å². The van der Waals surface area contributed by atoms with Gasteiger partial charge in [0.1, 0.15) is 5.82 Å². The number of fused-ring (bicyclic) bond motifs is 1. The maximum absolute atomic E-state index is 14.1. The molecular weight excluding hydrogens is 267 g/mol. The Morgan fingerprint density at radius 1 is 1.24 bits per heavy atom. The molecule has 0 aromatic heterocycles. The summed E-state index contributed by atoms with van der Waals surface area (Å²) in [5, 5.41) is 10.4. The van der Waals surface area contributed by atoms with Crippen molar-refractivity contribution < 1.29 is 14.2 Å². The summed E-state index contributed by atoms with van der Waals surface area (Å²) < 4.78 is 19.9. The average Bonchev–Trinajstić information content (AvgIpc) is 2.50. The lowest BCUT2D eigenvalue weighted by molar-refractivity contribution is 0.00301. The van der Waals surface area contributed by atoms with Gasteiger partial charge in [-0.1, -0.05) is 42.5 Å². The number of aliphatic hydroxyl groups is 1. The molecular formula is C18H19FO2. The second kappa shape index (κ2) is 5.96. The van der Waals surface area contributed by atoms with E-state index < -0.39 is 6.10 Å². The predicted molar refractivity (Wildman–Crippen MR) is 79.6 cm³/mol. The predicted octanol–water partition coefficient (Wildman–Crippen LogP) is 3.87. The van der Waals surface area contributed by atoms with Crippen LogP contribution in [0.15, 0.2) is 42.5 Å². The number of hydrogen-bond acceptors (Lipinski definition) is 2.